The normalized spacial score (nSPS) is 13.8. The van der Waals surface area contributed by atoms with Gasteiger partial charge in [0.25, 0.3) is 11.8 Å². The first-order valence-corrected chi connectivity index (χ1v) is 8.42. The Balaban J connectivity index is 1.67. The van der Waals surface area contributed by atoms with Gasteiger partial charge in [0.05, 0.1) is 7.11 Å². The number of benzene rings is 2. The number of hydrogen-bond acceptors (Lipinski definition) is 4. The van der Waals surface area contributed by atoms with E-state index < -0.39 is 29.3 Å². The van der Waals surface area contributed by atoms with Crippen molar-refractivity contribution in [1.29, 1.82) is 0 Å². The molecule has 28 heavy (non-hydrogen) atoms. The van der Waals surface area contributed by atoms with Crippen LogP contribution >= 0.6 is 0 Å². The summed E-state index contributed by atoms with van der Waals surface area (Å²) < 4.78 is 45.9. The largest absolute Gasteiger partial charge is 0.494 e. The van der Waals surface area contributed by atoms with Crippen LogP contribution in [0.3, 0.4) is 0 Å². The number of ether oxygens (including phenoxy) is 1. The molecule has 0 atom stereocenters. The lowest BCUT2D eigenvalue weighted by Crippen LogP contribution is -2.34. The molecule has 3 rings (SSSR count). The number of rotatable bonds is 6. The number of hydrogen-bond donors (Lipinski definition) is 1. The van der Waals surface area contributed by atoms with Crippen molar-refractivity contribution in [3.63, 3.8) is 0 Å². The van der Waals surface area contributed by atoms with Crippen molar-refractivity contribution < 1.29 is 27.5 Å². The molecule has 1 aliphatic heterocycles. The molecule has 0 fully saturated rings. The van der Waals surface area contributed by atoms with E-state index >= 15 is 0 Å². The van der Waals surface area contributed by atoms with Gasteiger partial charge in [-0.1, -0.05) is 6.07 Å². The van der Waals surface area contributed by atoms with E-state index in [4.69, 9.17) is 4.74 Å². The number of carbonyl (C=O) groups is 2. The minimum Gasteiger partial charge on any atom is -0.494 e. The molecule has 5 nitrogen and oxygen atoms in total. The van der Waals surface area contributed by atoms with Crippen LogP contribution in [-0.2, 0) is 16.0 Å². The highest BCUT2D eigenvalue weighted by atomic mass is 19.1. The molecule has 0 saturated heterocycles. The number of halogens is 3. The second-order valence-corrected chi connectivity index (χ2v) is 6.26. The van der Waals surface area contributed by atoms with Crippen LogP contribution in [0.25, 0.3) is 0 Å². The minimum absolute atomic E-state index is 0.0204. The van der Waals surface area contributed by atoms with E-state index in [1.165, 1.54) is 26.2 Å². The summed E-state index contributed by atoms with van der Waals surface area (Å²) in [5.74, 6) is -3.16. The van der Waals surface area contributed by atoms with E-state index in [0.29, 0.717) is 5.56 Å². The lowest BCUT2D eigenvalue weighted by molar-refractivity contribution is -0.137. The van der Waals surface area contributed by atoms with Crippen molar-refractivity contribution in [2.45, 2.75) is 13.3 Å². The molecule has 0 saturated carbocycles. The van der Waals surface area contributed by atoms with Crippen LogP contribution in [0.4, 0.5) is 18.9 Å². The molecule has 8 heteroatoms. The van der Waals surface area contributed by atoms with Gasteiger partial charge in [-0.3, -0.25) is 14.5 Å². The number of methoxy groups -OCH3 is 1. The Morgan fingerprint density at radius 1 is 1.04 bits per heavy atom. The Labute approximate surface area is 159 Å². The Morgan fingerprint density at radius 3 is 2.32 bits per heavy atom. The highest BCUT2D eigenvalue weighted by Gasteiger charge is 2.31. The molecule has 1 N–H and O–H groups in total. The maximum atomic E-state index is 13.7. The van der Waals surface area contributed by atoms with Crippen LogP contribution < -0.4 is 10.1 Å². The van der Waals surface area contributed by atoms with Gasteiger partial charge in [-0.15, -0.1) is 0 Å². The summed E-state index contributed by atoms with van der Waals surface area (Å²) in [5, 5.41) is 2.57. The zero-order chi connectivity index (χ0) is 20.4. The van der Waals surface area contributed by atoms with Gasteiger partial charge < -0.3 is 10.1 Å². The first-order chi connectivity index (χ1) is 13.3. The van der Waals surface area contributed by atoms with E-state index in [2.05, 4.69) is 5.32 Å². The monoisotopic (exact) mass is 390 g/mol. The van der Waals surface area contributed by atoms with E-state index in [9.17, 15) is 22.8 Å². The van der Waals surface area contributed by atoms with Crippen LogP contribution in [0, 0.1) is 24.4 Å². The van der Waals surface area contributed by atoms with Crippen molar-refractivity contribution in [3.05, 3.63) is 70.7 Å². The number of anilines is 1. The molecule has 2 aromatic rings. The molecular formula is C20H17F3N2O3. The third-order valence-electron chi connectivity index (χ3n) is 4.41. The van der Waals surface area contributed by atoms with Gasteiger partial charge >= 0.3 is 0 Å². The summed E-state index contributed by atoms with van der Waals surface area (Å²) in [6, 6.07) is 6.45. The lowest BCUT2D eigenvalue weighted by Gasteiger charge is -2.15. The summed E-state index contributed by atoms with van der Waals surface area (Å²) in [6.45, 7) is 1.32. The fraction of sp³-hybridized carbons (Fsp3) is 0.200. The summed E-state index contributed by atoms with van der Waals surface area (Å²) in [6.07, 6.45) is 1.31. The van der Waals surface area contributed by atoms with Crippen molar-refractivity contribution in [1.82, 2.24) is 4.90 Å². The van der Waals surface area contributed by atoms with E-state index in [-0.39, 0.29) is 35.7 Å². The summed E-state index contributed by atoms with van der Waals surface area (Å²) in [5.41, 5.74) is 0.380. The Kier molecular flexibility index (Phi) is 5.39. The van der Waals surface area contributed by atoms with Crippen molar-refractivity contribution >= 4 is 17.5 Å². The molecule has 2 aromatic carbocycles. The quantitative estimate of drug-likeness (QED) is 0.769. The van der Waals surface area contributed by atoms with Gasteiger partial charge in [0.2, 0.25) is 0 Å². The Hall–Kier alpha value is -3.29. The van der Waals surface area contributed by atoms with E-state index in [1.54, 1.807) is 6.07 Å². The van der Waals surface area contributed by atoms with Crippen molar-refractivity contribution in [2.75, 3.05) is 19.0 Å². The first kappa shape index (κ1) is 19.5. The zero-order valence-electron chi connectivity index (χ0n) is 15.2. The number of amides is 2. The summed E-state index contributed by atoms with van der Waals surface area (Å²) in [7, 11) is 1.35. The molecule has 1 heterocycles. The smallest absolute Gasteiger partial charge is 0.277 e. The average Bonchev–Trinajstić information content (AvgIpc) is 2.91. The van der Waals surface area contributed by atoms with Crippen LogP contribution in [0.2, 0.25) is 0 Å². The highest BCUT2D eigenvalue weighted by molar-refractivity contribution is 6.17. The lowest BCUT2D eigenvalue weighted by atomic mass is 10.1. The minimum atomic E-state index is -0.765. The Bertz CT molecular complexity index is 966. The molecule has 0 aliphatic carbocycles. The fourth-order valence-corrected chi connectivity index (χ4v) is 2.79. The predicted octanol–water partition coefficient (Wildman–Crippen LogP) is 3.33. The van der Waals surface area contributed by atoms with Gasteiger partial charge in [0, 0.05) is 23.9 Å². The molecule has 0 radical (unpaired) electrons. The molecule has 0 unspecified atom stereocenters. The molecule has 0 bridgehead atoms. The van der Waals surface area contributed by atoms with Gasteiger partial charge in [0.15, 0.2) is 11.6 Å². The summed E-state index contributed by atoms with van der Waals surface area (Å²) >= 11 is 0. The number of imide groups is 1. The molecular weight excluding hydrogens is 373 g/mol. The van der Waals surface area contributed by atoms with E-state index in [1.807, 2.05) is 0 Å². The first-order valence-electron chi connectivity index (χ1n) is 8.42. The standard InChI is InChI=1S/C20H17F3N2O3/c1-11-14(21)8-13(9-15(11)22)24-17-10-19(26)25(20(17)27)6-5-12-3-4-18(28-2)16(23)7-12/h3-4,7-10,24H,5-6H2,1-2H3. The van der Waals surface area contributed by atoms with Crippen LogP contribution in [0.1, 0.15) is 11.1 Å². The molecule has 0 spiro atoms. The molecule has 1 aliphatic rings. The van der Waals surface area contributed by atoms with Crippen LogP contribution in [0.15, 0.2) is 42.1 Å². The van der Waals surface area contributed by atoms with Crippen LogP contribution in [-0.4, -0.2) is 30.4 Å². The Morgan fingerprint density at radius 2 is 1.71 bits per heavy atom. The second kappa shape index (κ2) is 7.75. The third-order valence-corrected chi connectivity index (χ3v) is 4.41. The fourth-order valence-electron chi connectivity index (χ4n) is 2.79. The SMILES string of the molecule is COc1ccc(CCN2C(=O)C=C(Nc3cc(F)c(C)c(F)c3)C2=O)cc1F. The van der Waals surface area contributed by atoms with Crippen molar-refractivity contribution in [2.24, 2.45) is 0 Å². The third kappa shape index (κ3) is 3.85. The maximum Gasteiger partial charge on any atom is 0.277 e. The van der Waals surface area contributed by atoms with Gasteiger partial charge in [-0.05, 0) is 43.2 Å². The topological polar surface area (TPSA) is 58.6 Å². The molecule has 146 valence electrons. The molecule has 2 amide bonds. The number of nitrogens with zero attached hydrogens (tertiary/aromatic N) is 1. The zero-order valence-corrected chi connectivity index (χ0v) is 15.2. The van der Waals surface area contributed by atoms with Crippen LogP contribution in [0.5, 0.6) is 5.75 Å². The number of nitrogens with one attached hydrogen (secondary N) is 1. The van der Waals surface area contributed by atoms with Crippen molar-refractivity contribution in [3.8, 4) is 5.75 Å². The highest BCUT2D eigenvalue weighted by Crippen LogP contribution is 2.23. The number of carbonyl (C=O) groups excluding carboxylic acids is 2. The molecule has 0 aromatic heterocycles. The predicted molar refractivity (Wildman–Crippen MR) is 96.2 cm³/mol. The maximum absolute atomic E-state index is 13.7. The summed E-state index contributed by atoms with van der Waals surface area (Å²) in [4.78, 5) is 25.5. The average molecular weight is 390 g/mol. The second-order valence-electron chi connectivity index (χ2n) is 6.26. The van der Waals surface area contributed by atoms with E-state index in [0.717, 1.165) is 23.1 Å². The van der Waals surface area contributed by atoms with Gasteiger partial charge in [-0.25, -0.2) is 13.2 Å². The van der Waals surface area contributed by atoms with Gasteiger partial charge in [0.1, 0.15) is 17.3 Å². The van der Waals surface area contributed by atoms with Gasteiger partial charge in [-0.2, -0.15) is 0 Å².